The number of aryl methyl sites for hydroxylation is 2. The topological polar surface area (TPSA) is 49.8 Å². The number of anilines is 3. The maximum atomic E-state index is 4.47. The molecule has 0 aliphatic rings. The standard InChI is InChI=1S/C15H19BrN4/c1-4-6-17-15-18-7-5-13(20-15)19-14-10(2)8-12(16)9-11(14)3/h5,7-9H,4,6H2,1-3H3,(H2,17,18,19,20). The van der Waals surface area contributed by atoms with Crippen LogP contribution in [0.15, 0.2) is 28.9 Å². The summed E-state index contributed by atoms with van der Waals surface area (Å²) in [6.45, 7) is 7.15. The monoisotopic (exact) mass is 334 g/mol. The van der Waals surface area contributed by atoms with Gasteiger partial charge in [-0.15, -0.1) is 0 Å². The average Bonchev–Trinajstić information content (AvgIpc) is 2.41. The zero-order valence-electron chi connectivity index (χ0n) is 12.0. The summed E-state index contributed by atoms with van der Waals surface area (Å²) in [6, 6.07) is 6.05. The predicted molar refractivity (Wildman–Crippen MR) is 87.7 cm³/mol. The summed E-state index contributed by atoms with van der Waals surface area (Å²) in [5.41, 5.74) is 3.45. The van der Waals surface area contributed by atoms with Gasteiger partial charge < -0.3 is 10.6 Å². The van der Waals surface area contributed by atoms with Crippen LogP contribution in [0.2, 0.25) is 0 Å². The van der Waals surface area contributed by atoms with Crippen LogP contribution >= 0.6 is 15.9 Å². The van der Waals surface area contributed by atoms with Crippen molar-refractivity contribution in [3.63, 3.8) is 0 Å². The first-order chi connectivity index (χ1) is 9.60. The first kappa shape index (κ1) is 14.8. The molecule has 1 aromatic heterocycles. The van der Waals surface area contributed by atoms with Crippen molar-refractivity contribution in [1.82, 2.24) is 9.97 Å². The molecule has 0 radical (unpaired) electrons. The summed E-state index contributed by atoms with van der Waals surface area (Å²) in [4.78, 5) is 8.67. The van der Waals surface area contributed by atoms with Crippen molar-refractivity contribution in [2.24, 2.45) is 0 Å². The Kier molecular flexibility index (Phi) is 4.95. The predicted octanol–water partition coefficient (Wildman–Crippen LogP) is 4.42. The van der Waals surface area contributed by atoms with E-state index in [0.29, 0.717) is 5.95 Å². The smallest absolute Gasteiger partial charge is 0.224 e. The molecule has 106 valence electrons. The van der Waals surface area contributed by atoms with Crippen LogP contribution in [0.25, 0.3) is 0 Å². The Bertz CT molecular complexity index is 575. The van der Waals surface area contributed by atoms with Crippen molar-refractivity contribution >= 4 is 33.4 Å². The Morgan fingerprint density at radius 1 is 1.20 bits per heavy atom. The lowest BCUT2D eigenvalue weighted by Crippen LogP contribution is -2.06. The maximum absolute atomic E-state index is 4.47. The van der Waals surface area contributed by atoms with Crippen LogP contribution in [0.4, 0.5) is 17.5 Å². The van der Waals surface area contributed by atoms with Crippen LogP contribution in [-0.2, 0) is 0 Å². The second-order valence-corrected chi connectivity index (χ2v) is 5.65. The van der Waals surface area contributed by atoms with Gasteiger partial charge >= 0.3 is 0 Å². The zero-order valence-corrected chi connectivity index (χ0v) is 13.6. The van der Waals surface area contributed by atoms with Crippen molar-refractivity contribution < 1.29 is 0 Å². The summed E-state index contributed by atoms with van der Waals surface area (Å²) in [7, 11) is 0. The SMILES string of the molecule is CCCNc1nccc(Nc2c(C)cc(Br)cc2C)n1. The zero-order chi connectivity index (χ0) is 14.5. The molecule has 2 aromatic rings. The normalized spacial score (nSPS) is 10.4. The van der Waals surface area contributed by atoms with E-state index in [4.69, 9.17) is 0 Å². The Morgan fingerprint density at radius 2 is 1.90 bits per heavy atom. The summed E-state index contributed by atoms with van der Waals surface area (Å²) >= 11 is 3.51. The molecule has 0 bridgehead atoms. The molecule has 0 fully saturated rings. The fraction of sp³-hybridized carbons (Fsp3) is 0.333. The van der Waals surface area contributed by atoms with E-state index < -0.39 is 0 Å². The Morgan fingerprint density at radius 3 is 2.55 bits per heavy atom. The molecule has 0 amide bonds. The van der Waals surface area contributed by atoms with Gasteiger partial charge in [0.05, 0.1) is 0 Å². The lowest BCUT2D eigenvalue weighted by Gasteiger charge is -2.13. The van der Waals surface area contributed by atoms with Crippen molar-refractivity contribution in [1.29, 1.82) is 0 Å². The quantitative estimate of drug-likeness (QED) is 0.849. The average molecular weight is 335 g/mol. The molecule has 1 aromatic carbocycles. The number of halogens is 1. The lowest BCUT2D eigenvalue weighted by molar-refractivity contribution is 0.953. The molecular formula is C15H19BrN4. The minimum Gasteiger partial charge on any atom is -0.354 e. The molecule has 0 saturated heterocycles. The molecule has 2 N–H and O–H groups in total. The van der Waals surface area contributed by atoms with Gasteiger partial charge in [-0.3, -0.25) is 0 Å². The van der Waals surface area contributed by atoms with Gasteiger partial charge in [0.1, 0.15) is 5.82 Å². The third-order valence-electron chi connectivity index (χ3n) is 2.94. The maximum Gasteiger partial charge on any atom is 0.224 e. The highest BCUT2D eigenvalue weighted by Gasteiger charge is 2.06. The van der Waals surface area contributed by atoms with Crippen molar-refractivity contribution in [2.45, 2.75) is 27.2 Å². The molecule has 0 atom stereocenters. The van der Waals surface area contributed by atoms with Crippen LogP contribution in [0.1, 0.15) is 24.5 Å². The Hall–Kier alpha value is -1.62. The fourth-order valence-electron chi connectivity index (χ4n) is 1.99. The van der Waals surface area contributed by atoms with Crippen LogP contribution in [-0.4, -0.2) is 16.5 Å². The number of nitrogens with zero attached hydrogens (tertiary/aromatic N) is 2. The minimum absolute atomic E-state index is 0.657. The van der Waals surface area contributed by atoms with Gasteiger partial charge in [0.2, 0.25) is 5.95 Å². The summed E-state index contributed by atoms with van der Waals surface area (Å²) in [6.07, 6.45) is 2.81. The van der Waals surface area contributed by atoms with Crippen LogP contribution in [0.5, 0.6) is 0 Å². The number of hydrogen-bond acceptors (Lipinski definition) is 4. The Balaban J connectivity index is 2.22. The van der Waals surface area contributed by atoms with Crippen LogP contribution in [0.3, 0.4) is 0 Å². The van der Waals surface area contributed by atoms with Gasteiger partial charge in [0, 0.05) is 22.9 Å². The van der Waals surface area contributed by atoms with E-state index in [9.17, 15) is 0 Å². The van der Waals surface area contributed by atoms with Crippen molar-refractivity contribution in [2.75, 3.05) is 17.2 Å². The van der Waals surface area contributed by atoms with E-state index >= 15 is 0 Å². The molecule has 0 spiro atoms. The van der Waals surface area contributed by atoms with E-state index in [2.05, 4.69) is 69.4 Å². The highest BCUT2D eigenvalue weighted by atomic mass is 79.9. The fourth-order valence-corrected chi connectivity index (χ4v) is 2.67. The second kappa shape index (κ2) is 6.70. The molecule has 4 nitrogen and oxygen atoms in total. The highest BCUT2D eigenvalue weighted by molar-refractivity contribution is 9.10. The molecule has 0 unspecified atom stereocenters. The first-order valence-corrected chi connectivity index (χ1v) is 7.50. The van der Waals surface area contributed by atoms with Crippen molar-refractivity contribution in [3.8, 4) is 0 Å². The number of aromatic nitrogens is 2. The molecular weight excluding hydrogens is 316 g/mol. The lowest BCUT2D eigenvalue weighted by atomic mass is 10.1. The van der Waals surface area contributed by atoms with Gasteiger partial charge in [0.25, 0.3) is 0 Å². The van der Waals surface area contributed by atoms with Gasteiger partial charge in [-0.1, -0.05) is 22.9 Å². The number of rotatable bonds is 5. The minimum atomic E-state index is 0.657. The summed E-state index contributed by atoms with van der Waals surface area (Å²) in [5.74, 6) is 1.45. The van der Waals surface area contributed by atoms with Gasteiger partial charge in [-0.2, -0.15) is 4.98 Å². The van der Waals surface area contributed by atoms with Crippen molar-refractivity contribution in [3.05, 3.63) is 40.0 Å². The Labute approximate surface area is 128 Å². The third-order valence-corrected chi connectivity index (χ3v) is 3.40. The number of nitrogens with one attached hydrogen (secondary N) is 2. The van der Waals surface area contributed by atoms with Gasteiger partial charge in [-0.25, -0.2) is 4.98 Å². The van der Waals surface area contributed by atoms with E-state index in [1.54, 1.807) is 6.20 Å². The summed E-state index contributed by atoms with van der Waals surface area (Å²) < 4.78 is 1.09. The van der Waals surface area contributed by atoms with E-state index in [1.165, 1.54) is 11.1 Å². The van der Waals surface area contributed by atoms with Gasteiger partial charge in [0.15, 0.2) is 0 Å². The first-order valence-electron chi connectivity index (χ1n) is 6.71. The second-order valence-electron chi connectivity index (χ2n) is 4.73. The molecule has 1 heterocycles. The molecule has 5 heteroatoms. The van der Waals surface area contributed by atoms with E-state index in [1.807, 2.05) is 6.07 Å². The number of hydrogen-bond donors (Lipinski definition) is 2. The molecule has 0 aliphatic heterocycles. The number of benzene rings is 1. The molecule has 20 heavy (non-hydrogen) atoms. The summed E-state index contributed by atoms with van der Waals surface area (Å²) in [5, 5.41) is 6.56. The molecule has 0 saturated carbocycles. The van der Waals surface area contributed by atoms with E-state index in [-0.39, 0.29) is 0 Å². The largest absolute Gasteiger partial charge is 0.354 e. The molecule has 2 rings (SSSR count). The van der Waals surface area contributed by atoms with Gasteiger partial charge in [-0.05, 0) is 49.6 Å². The van der Waals surface area contributed by atoms with Crippen LogP contribution < -0.4 is 10.6 Å². The third kappa shape index (κ3) is 3.70. The highest BCUT2D eigenvalue weighted by Crippen LogP contribution is 2.27. The van der Waals surface area contributed by atoms with E-state index in [0.717, 1.165) is 28.9 Å². The van der Waals surface area contributed by atoms with Crippen LogP contribution in [0, 0.1) is 13.8 Å². The molecule has 0 aliphatic carbocycles.